The molecule has 5 amide bonds. The molecule has 3 N–H and O–H groups in total. The SMILES string of the molecule is CCCCC(NC(=O)C1(NC(=O)N2CCN(C(C)=O)CC2)CCCCC1)C(=O)C(=O)NCC1CCCC1. The molecule has 37 heavy (non-hydrogen) atoms. The predicted molar refractivity (Wildman–Crippen MR) is 140 cm³/mol. The third-order valence-electron chi connectivity index (χ3n) is 8.22. The second-order valence-corrected chi connectivity index (χ2v) is 11.0. The van der Waals surface area contributed by atoms with E-state index in [4.69, 9.17) is 0 Å². The second-order valence-electron chi connectivity index (χ2n) is 11.0. The van der Waals surface area contributed by atoms with E-state index in [9.17, 15) is 24.0 Å². The molecule has 3 aliphatic rings. The Kier molecular flexibility index (Phi) is 10.8. The number of nitrogens with zero attached hydrogens (tertiary/aromatic N) is 2. The van der Waals surface area contributed by atoms with E-state index in [1.807, 2.05) is 6.92 Å². The van der Waals surface area contributed by atoms with E-state index >= 15 is 0 Å². The van der Waals surface area contributed by atoms with Gasteiger partial charge in [-0.25, -0.2) is 4.79 Å². The van der Waals surface area contributed by atoms with E-state index in [0.717, 1.165) is 51.4 Å². The Bertz CT molecular complexity index is 827. The zero-order valence-corrected chi connectivity index (χ0v) is 22.6. The maximum atomic E-state index is 13.7. The molecule has 0 aromatic rings. The first-order chi connectivity index (χ1) is 17.8. The number of rotatable bonds is 10. The van der Waals surface area contributed by atoms with Crippen LogP contribution in [0.25, 0.3) is 0 Å². The minimum absolute atomic E-state index is 0.0155. The molecule has 3 fully saturated rings. The molecule has 208 valence electrons. The van der Waals surface area contributed by atoms with E-state index in [-0.39, 0.29) is 17.8 Å². The van der Waals surface area contributed by atoms with Crippen molar-refractivity contribution in [3.05, 3.63) is 0 Å². The van der Waals surface area contributed by atoms with Gasteiger partial charge in [0.25, 0.3) is 5.91 Å². The number of carbonyl (C=O) groups excluding carboxylic acids is 5. The number of hydrogen-bond acceptors (Lipinski definition) is 5. The zero-order chi connectivity index (χ0) is 26.8. The smallest absolute Gasteiger partial charge is 0.318 e. The molecule has 0 spiro atoms. The fourth-order valence-electron chi connectivity index (χ4n) is 5.74. The number of piperazine rings is 1. The Morgan fingerprint density at radius 2 is 1.51 bits per heavy atom. The predicted octanol–water partition coefficient (Wildman–Crippen LogP) is 2.11. The summed E-state index contributed by atoms with van der Waals surface area (Å²) in [6.45, 7) is 5.75. The largest absolute Gasteiger partial charge is 0.349 e. The van der Waals surface area contributed by atoms with Crippen LogP contribution in [0.2, 0.25) is 0 Å². The molecule has 1 aliphatic heterocycles. The number of urea groups is 1. The lowest BCUT2D eigenvalue weighted by atomic mass is 9.80. The van der Waals surface area contributed by atoms with Gasteiger partial charge in [-0.05, 0) is 38.0 Å². The molecule has 0 bridgehead atoms. The van der Waals surface area contributed by atoms with Gasteiger partial charge in [-0.1, -0.05) is 51.9 Å². The first-order valence-electron chi connectivity index (χ1n) is 14.2. The van der Waals surface area contributed by atoms with Crippen LogP contribution >= 0.6 is 0 Å². The normalized spacial score (nSPS) is 20.7. The molecule has 1 unspecified atom stereocenters. The summed E-state index contributed by atoms with van der Waals surface area (Å²) in [4.78, 5) is 67.6. The topological polar surface area (TPSA) is 128 Å². The van der Waals surface area contributed by atoms with Crippen molar-refractivity contribution in [3.63, 3.8) is 0 Å². The fourth-order valence-corrected chi connectivity index (χ4v) is 5.74. The van der Waals surface area contributed by atoms with Crippen LogP contribution < -0.4 is 16.0 Å². The average Bonchev–Trinajstić information content (AvgIpc) is 3.43. The Labute approximate surface area is 220 Å². The molecule has 1 atom stereocenters. The first kappa shape index (κ1) is 28.9. The van der Waals surface area contributed by atoms with Crippen molar-refractivity contribution >= 4 is 29.5 Å². The van der Waals surface area contributed by atoms with Crippen LogP contribution in [0.15, 0.2) is 0 Å². The summed E-state index contributed by atoms with van der Waals surface area (Å²) < 4.78 is 0. The van der Waals surface area contributed by atoms with E-state index in [1.54, 1.807) is 9.80 Å². The van der Waals surface area contributed by atoms with E-state index in [0.29, 0.717) is 64.3 Å². The van der Waals surface area contributed by atoms with Gasteiger partial charge in [-0.15, -0.1) is 0 Å². The van der Waals surface area contributed by atoms with Crippen molar-refractivity contribution in [2.75, 3.05) is 32.7 Å². The lowest BCUT2D eigenvalue weighted by molar-refractivity contribution is -0.141. The minimum Gasteiger partial charge on any atom is -0.349 e. The number of amides is 5. The van der Waals surface area contributed by atoms with Gasteiger partial charge in [0.2, 0.25) is 17.6 Å². The first-order valence-corrected chi connectivity index (χ1v) is 14.2. The molecule has 3 rings (SSSR count). The van der Waals surface area contributed by atoms with Crippen molar-refractivity contribution in [2.45, 2.75) is 102 Å². The van der Waals surface area contributed by atoms with E-state index in [1.165, 1.54) is 6.92 Å². The van der Waals surface area contributed by atoms with Crippen LogP contribution in [0, 0.1) is 5.92 Å². The number of carbonyl (C=O) groups is 5. The molecular formula is C27H45N5O5. The number of unbranched alkanes of at least 4 members (excludes halogenated alkanes) is 1. The van der Waals surface area contributed by atoms with Gasteiger partial charge in [-0.2, -0.15) is 0 Å². The number of ketones is 1. The molecule has 2 saturated carbocycles. The van der Waals surface area contributed by atoms with Crippen LogP contribution in [0.3, 0.4) is 0 Å². The number of nitrogens with one attached hydrogen (secondary N) is 3. The van der Waals surface area contributed by atoms with Crippen molar-refractivity contribution in [1.82, 2.24) is 25.8 Å². The zero-order valence-electron chi connectivity index (χ0n) is 22.6. The lowest BCUT2D eigenvalue weighted by Gasteiger charge is -2.40. The fraction of sp³-hybridized carbons (Fsp3) is 0.815. The van der Waals surface area contributed by atoms with Crippen molar-refractivity contribution in [3.8, 4) is 0 Å². The average molecular weight is 520 g/mol. The molecular weight excluding hydrogens is 474 g/mol. The van der Waals surface area contributed by atoms with Crippen LogP contribution in [-0.2, 0) is 19.2 Å². The summed E-state index contributed by atoms with van der Waals surface area (Å²) in [5, 5.41) is 8.65. The summed E-state index contributed by atoms with van der Waals surface area (Å²) in [7, 11) is 0. The maximum Gasteiger partial charge on any atom is 0.318 e. The quantitative estimate of drug-likeness (QED) is 0.381. The maximum absolute atomic E-state index is 13.7. The standard InChI is InChI=1S/C27H45N5O5/c1-3-4-12-22(23(34)24(35)28-19-21-10-6-7-11-21)29-25(36)27(13-8-5-9-14-27)30-26(37)32-17-15-31(16-18-32)20(2)33/h21-22H,3-19H2,1-2H3,(H,28,35)(H,29,36)(H,30,37). The van der Waals surface area contributed by atoms with E-state index < -0.39 is 23.3 Å². The number of Topliss-reactive ketones (excluding diaryl/α,β-unsaturated/α-hetero) is 1. The Hall–Kier alpha value is -2.65. The third-order valence-corrected chi connectivity index (χ3v) is 8.22. The molecule has 2 aliphatic carbocycles. The highest BCUT2D eigenvalue weighted by Gasteiger charge is 2.43. The molecule has 0 radical (unpaired) electrons. The molecule has 0 aromatic heterocycles. The van der Waals surface area contributed by atoms with Gasteiger partial charge in [-0.3, -0.25) is 19.2 Å². The third kappa shape index (κ3) is 7.92. The highest BCUT2D eigenvalue weighted by atomic mass is 16.2. The lowest BCUT2D eigenvalue weighted by Crippen LogP contribution is -2.65. The van der Waals surface area contributed by atoms with Gasteiger partial charge < -0.3 is 25.8 Å². The monoisotopic (exact) mass is 519 g/mol. The van der Waals surface area contributed by atoms with Crippen LogP contribution in [0.4, 0.5) is 4.79 Å². The van der Waals surface area contributed by atoms with Crippen LogP contribution in [0.5, 0.6) is 0 Å². The second kappa shape index (κ2) is 13.8. The van der Waals surface area contributed by atoms with Crippen molar-refractivity contribution < 1.29 is 24.0 Å². The van der Waals surface area contributed by atoms with Gasteiger partial charge in [0, 0.05) is 39.6 Å². The summed E-state index contributed by atoms with van der Waals surface area (Å²) >= 11 is 0. The van der Waals surface area contributed by atoms with Gasteiger partial charge in [0.15, 0.2) is 0 Å². The Morgan fingerprint density at radius 1 is 0.892 bits per heavy atom. The summed E-state index contributed by atoms with van der Waals surface area (Å²) in [6.07, 6.45) is 9.90. The molecule has 1 heterocycles. The Morgan fingerprint density at radius 3 is 2.11 bits per heavy atom. The molecule has 10 nitrogen and oxygen atoms in total. The summed E-state index contributed by atoms with van der Waals surface area (Å²) in [5.74, 6) is -1.24. The van der Waals surface area contributed by atoms with E-state index in [2.05, 4.69) is 16.0 Å². The minimum atomic E-state index is -1.11. The summed E-state index contributed by atoms with van der Waals surface area (Å²) in [6, 6.07) is -1.24. The van der Waals surface area contributed by atoms with Crippen molar-refractivity contribution in [1.29, 1.82) is 0 Å². The van der Waals surface area contributed by atoms with Crippen LogP contribution in [0.1, 0.15) is 90.9 Å². The highest BCUT2D eigenvalue weighted by Crippen LogP contribution is 2.29. The highest BCUT2D eigenvalue weighted by molar-refractivity contribution is 6.38. The molecule has 10 heteroatoms. The van der Waals surface area contributed by atoms with Gasteiger partial charge in [0.05, 0.1) is 6.04 Å². The van der Waals surface area contributed by atoms with Crippen LogP contribution in [-0.4, -0.2) is 83.6 Å². The van der Waals surface area contributed by atoms with Gasteiger partial charge >= 0.3 is 6.03 Å². The number of hydrogen-bond donors (Lipinski definition) is 3. The summed E-state index contributed by atoms with van der Waals surface area (Å²) in [5.41, 5.74) is -1.11. The van der Waals surface area contributed by atoms with Gasteiger partial charge in [0.1, 0.15) is 5.54 Å². The molecule has 1 saturated heterocycles. The Balaban J connectivity index is 1.64. The van der Waals surface area contributed by atoms with Crippen molar-refractivity contribution in [2.24, 2.45) is 5.92 Å². The molecule has 0 aromatic carbocycles.